The van der Waals surface area contributed by atoms with Crippen molar-refractivity contribution in [2.45, 2.75) is 51.7 Å². The molecule has 0 aliphatic carbocycles. The molecule has 1 amide bonds. The van der Waals surface area contributed by atoms with Crippen molar-refractivity contribution in [3.8, 4) is 5.75 Å². The molecule has 146 valence electrons. The van der Waals surface area contributed by atoms with Gasteiger partial charge in [-0.05, 0) is 39.8 Å². The zero-order valence-corrected chi connectivity index (χ0v) is 16.0. The second-order valence-corrected chi connectivity index (χ2v) is 7.96. The van der Waals surface area contributed by atoms with Crippen LogP contribution in [0.2, 0.25) is 0 Å². The van der Waals surface area contributed by atoms with Gasteiger partial charge in [0, 0.05) is 25.9 Å². The first-order chi connectivity index (χ1) is 12.5. The van der Waals surface area contributed by atoms with Gasteiger partial charge in [0.2, 0.25) is 0 Å². The Labute approximate surface area is 157 Å². The van der Waals surface area contributed by atoms with Crippen LogP contribution >= 0.6 is 0 Å². The maximum Gasteiger partial charge on any atom is 0.410 e. The minimum Gasteiger partial charge on any atom is -0.507 e. The van der Waals surface area contributed by atoms with Crippen LogP contribution in [0.25, 0.3) is 5.76 Å². The molecular weight excluding hydrogens is 353 g/mol. The summed E-state index contributed by atoms with van der Waals surface area (Å²) in [7, 11) is 0. The third kappa shape index (κ3) is 3.50. The number of hydrogen-bond acceptors (Lipinski definition) is 5. The number of hydrogen-bond donors (Lipinski definition) is 1. The summed E-state index contributed by atoms with van der Waals surface area (Å²) >= 11 is 0. The van der Waals surface area contributed by atoms with E-state index in [2.05, 4.69) is 0 Å². The number of amides is 1. The molecular formula is C20H24FNO5. The van der Waals surface area contributed by atoms with Gasteiger partial charge in [-0.3, -0.25) is 4.79 Å². The van der Waals surface area contributed by atoms with Gasteiger partial charge in [0.15, 0.2) is 17.3 Å². The fourth-order valence-corrected chi connectivity index (χ4v) is 3.61. The number of ketones is 1. The molecule has 0 unspecified atom stereocenters. The number of rotatable bonds is 1. The van der Waals surface area contributed by atoms with Crippen LogP contribution in [0.5, 0.6) is 5.75 Å². The first-order valence-electron chi connectivity index (χ1n) is 8.94. The van der Waals surface area contributed by atoms with Crippen molar-refractivity contribution in [3.05, 3.63) is 35.2 Å². The molecule has 0 saturated carbocycles. The van der Waals surface area contributed by atoms with Crippen molar-refractivity contribution in [2.75, 3.05) is 13.1 Å². The summed E-state index contributed by atoms with van der Waals surface area (Å²) in [4.78, 5) is 26.1. The Morgan fingerprint density at radius 1 is 1.26 bits per heavy atom. The summed E-state index contributed by atoms with van der Waals surface area (Å²) in [5, 5.41) is 10.7. The molecule has 1 N–H and O–H groups in total. The summed E-state index contributed by atoms with van der Waals surface area (Å²) in [6, 6.07) is 4.21. The number of fused-ring (bicyclic) bond motifs is 1. The molecule has 1 spiro atoms. The highest BCUT2D eigenvalue weighted by molar-refractivity contribution is 6.03. The summed E-state index contributed by atoms with van der Waals surface area (Å²) in [6.07, 6.45) is 0.0511. The van der Waals surface area contributed by atoms with E-state index >= 15 is 0 Å². The molecule has 1 saturated heterocycles. The van der Waals surface area contributed by atoms with E-state index in [1.54, 1.807) is 20.8 Å². The fraction of sp³-hybridized carbons (Fsp3) is 0.500. The molecule has 3 rings (SSSR count). The number of halogens is 1. The minimum atomic E-state index is -1.16. The van der Waals surface area contributed by atoms with Crippen LogP contribution < -0.4 is 4.74 Å². The van der Waals surface area contributed by atoms with E-state index in [1.807, 2.05) is 0 Å². The number of likely N-dealkylation sites (tertiary alicyclic amines) is 1. The van der Waals surface area contributed by atoms with Crippen molar-refractivity contribution in [1.82, 2.24) is 4.90 Å². The van der Waals surface area contributed by atoms with Gasteiger partial charge < -0.3 is 19.5 Å². The van der Waals surface area contributed by atoms with Gasteiger partial charge in [-0.25, -0.2) is 9.18 Å². The highest BCUT2D eigenvalue weighted by Gasteiger charge is 2.49. The number of carbonyl (C=O) groups is 2. The topological polar surface area (TPSA) is 76.1 Å². The highest BCUT2D eigenvalue weighted by atomic mass is 19.1. The van der Waals surface area contributed by atoms with E-state index in [1.165, 1.54) is 30.0 Å². The van der Waals surface area contributed by atoms with Crippen LogP contribution in [0.4, 0.5) is 9.18 Å². The van der Waals surface area contributed by atoms with Crippen LogP contribution in [0, 0.1) is 5.82 Å². The third-order valence-electron chi connectivity index (χ3n) is 4.79. The maximum absolute atomic E-state index is 14.3. The van der Waals surface area contributed by atoms with Crippen LogP contribution in [0.1, 0.15) is 46.1 Å². The molecule has 2 aliphatic rings. The third-order valence-corrected chi connectivity index (χ3v) is 4.79. The quantitative estimate of drug-likeness (QED) is 0.805. The lowest BCUT2D eigenvalue weighted by Gasteiger charge is -2.45. The highest BCUT2D eigenvalue weighted by Crippen LogP contribution is 2.46. The second-order valence-electron chi connectivity index (χ2n) is 7.96. The standard InChI is InChI=1S/C20H24FNO5/c1-12(23)15-16(24)13-6-5-7-14(21)17(13)26-20(15)8-10-22(11-9-20)18(25)27-19(2,3)4/h5-7,24H,8-11H2,1-4H3. The van der Waals surface area contributed by atoms with Gasteiger partial charge >= 0.3 is 6.09 Å². The molecule has 2 aliphatic heterocycles. The number of benzene rings is 1. The van der Waals surface area contributed by atoms with E-state index in [0.29, 0.717) is 0 Å². The summed E-state index contributed by atoms with van der Waals surface area (Å²) in [5.41, 5.74) is -1.48. The van der Waals surface area contributed by atoms with E-state index in [4.69, 9.17) is 9.47 Å². The van der Waals surface area contributed by atoms with Gasteiger partial charge in [0.05, 0.1) is 11.1 Å². The number of para-hydroxylation sites is 1. The molecule has 0 aromatic heterocycles. The second kappa shape index (κ2) is 6.55. The Hall–Kier alpha value is -2.57. The van der Waals surface area contributed by atoms with Crippen LogP contribution in [0.15, 0.2) is 23.8 Å². The van der Waals surface area contributed by atoms with Crippen LogP contribution in [-0.4, -0.2) is 46.2 Å². The monoisotopic (exact) mass is 377 g/mol. The Balaban J connectivity index is 1.91. The Bertz CT molecular complexity index is 816. The molecule has 1 aromatic carbocycles. The van der Waals surface area contributed by atoms with Gasteiger partial charge in [-0.2, -0.15) is 0 Å². The van der Waals surface area contributed by atoms with Crippen LogP contribution in [0.3, 0.4) is 0 Å². The molecule has 1 fully saturated rings. The SMILES string of the molecule is CC(=O)C1=C(O)c2cccc(F)c2OC12CCN(C(=O)OC(C)(C)C)CC2. The van der Waals surface area contributed by atoms with E-state index in [-0.39, 0.29) is 54.4 Å². The van der Waals surface area contributed by atoms with Crippen LogP contribution in [-0.2, 0) is 9.53 Å². The number of piperidine rings is 1. The van der Waals surface area contributed by atoms with Crippen molar-refractivity contribution in [2.24, 2.45) is 0 Å². The number of aliphatic hydroxyl groups excluding tert-OH is 1. The lowest BCUT2D eigenvalue weighted by molar-refractivity contribution is -0.116. The molecule has 6 nitrogen and oxygen atoms in total. The van der Waals surface area contributed by atoms with Gasteiger partial charge in [0.25, 0.3) is 0 Å². The first-order valence-corrected chi connectivity index (χ1v) is 8.94. The lowest BCUT2D eigenvalue weighted by Crippen LogP contribution is -2.54. The zero-order valence-electron chi connectivity index (χ0n) is 16.0. The maximum atomic E-state index is 14.3. The predicted octanol–water partition coefficient (Wildman–Crippen LogP) is 3.85. The number of aliphatic hydroxyl groups is 1. The average molecular weight is 377 g/mol. The summed E-state index contributed by atoms with van der Waals surface area (Å²) < 4.78 is 25.6. The molecule has 0 radical (unpaired) electrons. The van der Waals surface area contributed by atoms with Gasteiger partial charge in [-0.1, -0.05) is 6.07 Å². The largest absolute Gasteiger partial charge is 0.507 e. The normalized spacial score (nSPS) is 18.8. The van der Waals surface area contributed by atoms with Crippen molar-refractivity contribution in [1.29, 1.82) is 0 Å². The number of ether oxygens (including phenoxy) is 2. The lowest BCUT2D eigenvalue weighted by atomic mass is 9.78. The number of carbonyl (C=O) groups excluding carboxylic acids is 2. The van der Waals surface area contributed by atoms with E-state index in [9.17, 15) is 19.1 Å². The smallest absolute Gasteiger partial charge is 0.410 e. The molecule has 2 heterocycles. The number of Topliss-reactive ketones (excluding diaryl/α,β-unsaturated/α-hetero) is 1. The molecule has 27 heavy (non-hydrogen) atoms. The van der Waals surface area contributed by atoms with Crippen molar-refractivity contribution >= 4 is 17.6 Å². The Morgan fingerprint density at radius 2 is 1.89 bits per heavy atom. The van der Waals surface area contributed by atoms with Gasteiger partial charge in [-0.15, -0.1) is 0 Å². The van der Waals surface area contributed by atoms with E-state index in [0.717, 1.165) is 0 Å². The molecule has 7 heteroatoms. The predicted molar refractivity (Wildman–Crippen MR) is 97.0 cm³/mol. The van der Waals surface area contributed by atoms with E-state index < -0.39 is 23.1 Å². The minimum absolute atomic E-state index is 0.0641. The van der Waals surface area contributed by atoms with Gasteiger partial charge in [0.1, 0.15) is 17.0 Å². The average Bonchev–Trinajstić information content (AvgIpc) is 2.55. The zero-order chi connectivity index (χ0) is 20.0. The van der Waals surface area contributed by atoms with Crippen molar-refractivity contribution < 1.29 is 28.6 Å². The summed E-state index contributed by atoms with van der Waals surface area (Å²) in [5.74, 6) is -1.26. The fourth-order valence-electron chi connectivity index (χ4n) is 3.61. The van der Waals surface area contributed by atoms with Crippen molar-refractivity contribution in [3.63, 3.8) is 0 Å². The molecule has 0 atom stereocenters. The number of nitrogens with zero attached hydrogens (tertiary/aromatic N) is 1. The molecule has 1 aromatic rings. The molecule has 0 bridgehead atoms. The Kier molecular flexibility index (Phi) is 4.66. The summed E-state index contributed by atoms with van der Waals surface area (Å²) in [6.45, 7) is 7.24. The Morgan fingerprint density at radius 3 is 2.44 bits per heavy atom. The first kappa shape index (κ1) is 19.2.